The molecule has 1 aliphatic heterocycles. The molecule has 128 valence electrons. The van der Waals surface area contributed by atoms with Crippen molar-refractivity contribution in [2.45, 2.75) is 51.5 Å². The zero-order chi connectivity index (χ0) is 16.5. The molecule has 2 aliphatic rings. The Morgan fingerprint density at radius 3 is 2.75 bits per heavy atom. The van der Waals surface area contributed by atoms with E-state index >= 15 is 0 Å². The molecule has 4 nitrogen and oxygen atoms in total. The summed E-state index contributed by atoms with van der Waals surface area (Å²) < 4.78 is 5.49. The number of aromatic nitrogens is 1. The lowest BCUT2D eigenvalue weighted by molar-refractivity contribution is 0.172. The average Bonchev–Trinajstić information content (AvgIpc) is 3.26. The Bertz CT molecular complexity index is 689. The lowest BCUT2D eigenvalue weighted by Gasteiger charge is -2.37. The fraction of sp³-hybridized carbons (Fsp3) is 0.550. The molecule has 2 aromatic rings. The molecule has 0 amide bonds. The van der Waals surface area contributed by atoms with Crippen molar-refractivity contribution >= 4 is 5.69 Å². The first-order valence-electron chi connectivity index (χ1n) is 9.36. The van der Waals surface area contributed by atoms with Gasteiger partial charge in [0.1, 0.15) is 0 Å². The number of benzene rings is 1. The second kappa shape index (κ2) is 6.60. The molecular formula is C20H27N3O. The van der Waals surface area contributed by atoms with E-state index in [-0.39, 0.29) is 0 Å². The lowest BCUT2D eigenvalue weighted by Crippen LogP contribution is -2.41. The number of anilines is 1. The van der Waals surface area contributed by atoms with Crippen LogP contribution in [0.5, 0.6) is 0 Å². The first-order valence-corrected chi connectivity index (χ1v) is 9.36. The van der Waals surface area contributed by atoms with Crippen LogP contribution in [0.25, 0.3) is 11.3 Å². The number of nitrogens with zero attached hydrogens (tertiary/aromatic N) is 2. The standard InChI is InChI=1S/C20H27N3O/c1-3-9-23(10-4-2)15-11-14-13-21-18-6-5-16(17(12-15)20(14)18)19-7-8-22-24-19/h5-8,14-15,21H,3-4,9-13H2,1-2H3/t14-,15-/m0/s1. The van der Waals surface area contributed by atoms with Crippen LogP contribution in [0, 0.1) is 0 Å². The van der Waals surface area contributed by atoms with Crippen LogP contribution in [0.1, 0.15) is 50.2 Å². The molecule has 0 saturated heterocycles. The van der Waals surface area contributed by atoms with Gasteiger partial charge >= 0.3 is 0 Å². The number of rotatable bonds is 6. The Morgan fingerprint density at radius 2 is 2.04 bits per heavy atom. The van der Waals surface area contributed by atoms with Gasteiger partial charge in [-0.3, -0.25) is 0 Å². The smallest absolute Gasteiger partial charge is 0.167 e. The average molecular weight is 325 g/mol. The van der Waals surface area contributed by atoms with Crippen molar-refractivity contribution in [3.63, 3.8) is 0 Å². The predicted octanol–water partition coefficient (Wildman–Crippen LogP) is 4.29. The maximum absolute atomic E-state index is 5.49. The van der Waals surface area contributed by atoms with Crippen LogP contribution < -0.4 is 5.32 Å². The van der Waals surface area contributed by atoms with E-state index in [1.165, 1.54) is 54.7 Å². The summed E-state index contributed by atoms with van der Waals surface area (Å²) in [5.74, 6) is 1.53. The highest BCUT2D eigenvalue weighted by Crippen LogP contribution is 2.46. The molecular weight excluding hydrogens is 298 g/mol. The molecule has 24 heavy (non-hydrogen) atoms. The summed E-state index contributed by atoms with van der Waals surface area (Å²) in [5.41, 5.74) is 5.58. The summed E-state index contributed by atoms with van der Waals surface area (Å²) in [6.45, 7) is 8.05. The summed E-state index contributed by atoms with van der Waals surface area (Å²) >= 11 is 0. The first kappa shape index (κ1) is 15.7. The van der Waals surface area contributed by atoms with E-state index < -0.39 is 0 Å². The van der Waals surface area contributed by atoms with Crippen LogP contribution in [0.15, 0.2) is 28.9 Å². The van der Waals surface area contributed by atoms with Crippen molar-refractivity contribution in [3.8, 4) is 11.3 Å². The van der Waals surface area contributed by atoms with Gasteiger partial charge in [0.15, 0.2) is 5.76 Å². The third kappa shape index (κ3) is 2.63. The van der Waals surface area contributed by atoms with Gasteiger partial charge in [-0.05, 0) is 62.0 Å². The number of nitrogens with one attached hydrogen (secondary N) is 1. The first-order chi connectivity index (χ1) is 11.8. The molecule has 0 bridgehead atoms. The summed E-state index contributed by atoms with van der Waals surface area (Å²) in [6.07, 6.45) is 6.58. The molecule has 1 aliphatic carbocycles. The second-order valence-electron chi connectivity index (χ2n) is 7.14. The molecule has 0 spiro atoms. The van der Waals surface area contributed by atoms with Gasteiger partial charge in [-0.25, -0.2) is 0 Å². The number of hydrogen-bond donors (Lipinski definition) is 1. The van der Waals surface area contributed by atoms with Crippen molar-refractivity contribution < 1.29 is 4.52 Å². The zero-order valence-corrected chi connectivity index (χ0v) is 14.7. The quantitative estimate of drug-likeness (QED) is 0.860. The topological polar surface area (TPSA) is 41.3 Å². The molecule has 1 aromatic carbocycles. The Balaban J connectivity index is 1.73. The highest BCUT2D eigenvalue weighted by atomic mass is 16.5. The Hall–Kier alpha value is -1.81. The molecule has 1 aromatic heterocycles. The molecule has 0 radical (unpaired) electrons. The summed E-state index contributed by atoms with van der Waals surface area (Å²) in [6, 6.07) is 7.04. The predicted molar refractivity (Wildman–Crippen MR) is 97.4 cm³/mol. The summed E-state index contributed by atoms with van der Waals surface area (Å²) in [4.78, 5) is 2.71. The summed E-state index contributed by atoms with van der Waals surface area (Å²) in [7, 11) is 0. The Labute approximate surface area is 144 Å². The van der Waals surface area contributed by atoms with Gasteiger partial charge in [0, 0.05) is 35.8 Å². The molecule has 2 heterocycles. The van der Waals surface area contributed by atoms with E-state index in [2.05, 4.69) is 41.4 Å². The Morgan fingerprint density at radius 1 is 1.21 bits per heavy atom. The van der Waals surface area contributed by atoms with Gasteiger partial charge in [-0.1, -0.05) is 19.0 Å². The molecule has 4 rings (SSSR count). The van der Waals surface area contributed by atoms with Crippen LogP contribution in [0.3, 0.4) is 0 Å². The Kier molecular flexibility index (Phi) is 4.31. The molecule has 4 heteroatoms. The van der Waals surface area contributed by atoms with E-state index in [1.807, 2.05) is 6.07 Å². The maximum Gasteiger partial charge on any atom is 0.167 e. The van der Waals surface area contributed by atoms with Gasteiger partial charge in [-0.2, -0.15) is 0 Å². The van der Waals surface area contributed by atoms with E-state index in [0.29, 0.717) is 12.0 Å². The van der Waals surface area contributed by atoms with Crippen LogP contribution >= 0.6 is 0 Å². The highest BCUT2D eigenvalue weighted by Gasteiger charge is 2.36. The fourth-order valence-corrected chi connectivity index (χ4v) is 4.60. The SMILES string of the molecule is CCCN(CCC)[C@@H]1Cc2c(-c3ccno3)ccc3c2[C@H](CN3)C1. The zero-order valence-electron chi connectivity index (χ0n) is 14.7. The maximum atomic E-state index is 5.49. The van der Waals surface area contributed by atoms with Gasteiger partial charge in [-0.15, -0.1) is 0 Å². The molecule has 1 N–H and O–H groups in total. The minimum Gasteiger partial charge on any atom is -0.384 e. The largest absolute Gasteiger partial charge is 0.384 e. The molecule has 0 unspecified atom stereocenters. The monoisotopic (exact) mass is 325 g/mol. The minimum absolute atomic E-state index is 0.632. The van der Waals surface area contributed by atoms with Crippen molar-refractivity contribution in [2.75, 3.05) is 25.0 Å². The summed E-state index contributed by atoms with van der Waals surface area (Å²) in [5, 5.41) is 7.53. The van der Waals surface area contributed by atoms with Crippen molar-refractivity contribution in [2.24, 2.45) is 0 Å². The molecule has 0 fully saturated rings. The lowest BCUT2D eigenvalue weighted by atomic mass is 9.78. The minimum atomic E-state index is 0.632. The van der Waals surface area contributed by atoms with Gasteiger partial charge in [0.2, 0.25) is 0 Å². The van der Waals surface area contributed by atoms with E-state index in [0.717, 1.165) is 18.7 Å². The van der Waals surface area contributed by atoms with Gasteiger partial charge in [0.25, 0.3) is 0 Å². The normalized spacial score (nSPS) is 21.8. The third-order valence-corrected chi connectivity index (χ3v) is 5.54. The van der Waals surface area contributed by atoms with Crippen LogP contribution in [0.2, 0.25) is 0 Å². The van der Waals surface area contributed by atoms with Crippen molar-refractivity contribution in [1.82, 2.24) is 10.1 Å². The van der Waals surface area contributed by atoms with E-state index in [9.17, 15) is 0 Å². The molecule has 2 atom stereocenters. The van der Waals surface area contributed by atoms with Gasteiger partial charge in [0.05, 0.1) is 6.20 Å². The van der Waals surface area contributed by atoms with Crippen LogP contribution in [-0.4, -0.2) is 35.7 Å². The fourth-order valence-electron chi connectivity index (χ4n) is 4.60. The van der Waals surface area contributed by atoms with Crippen molar-refractivity contribution in [3.05, 3.63) is 35.5 Å². The third-order valence-electron chi connectivity index (χ3n) is 5.54. The molecule has 0 saturated carbocycles. The van der Waals surface area contributed by atoms with Crippen LogP contribution in [0.4, 0.5) is 5.69 Å². The van der Waals surface area contributed by atoms with Crippen LogP contribution in [-0.2, 0) is 6.42 Å². The highest BCUT2D eigenvalue weighted by molar-refractivity contribution is 5.73. The van der Waals surface area contributed by atoms with E-state index in [4.69, 9.17) is 4.52 Å². The number of hydrogen-bond acceptors (Lipinski definition) is 4. The van der Waals surface area contributed by atoms with Crippen molar-refractivity contribution in [1.29, 1.82) is 0 Å². The van der Waals surface area contributed by atoms with E-state index in [1.54, 1.807) is 6.20 Å². The van der Waals surface area contributed by atoms with Gasteiger partial charge < -0.3 is 14.7 Å². The second-order valence-corrected chi connectivity index (χ2v) is 7.14.